The third-order valence-corrected chi connectivity index (χ3v) is 2.80. The summed E-state index contributed by atoms with van der Waals surface area (Å²) in [7, 11) is 0. The first-order chi connectivity index (χ1) is 6.84. The van der Waals surface area contributed by atoms with Gasteiger partial charge in [-0.2, -0.15) is 0 Å². The normalized spacial score (nSPS) is 14.6. The summed E-state index contributed by atoms with van der Waals surface area (Å²) in [5.74, 6) is 0. The zero-order valence-electron chi connectivity index (χ0n) is 7.73. The number of pyridine rings is 1. The molecule has 0 bridgehead atoms. The SMILES string of the molecule is O=c1ccnc2cc3c(cn12)CCC3. The predicted molar refractivity (Wildman–Crippen MR) is 53.5 cm³/mol. The van der Waals surface area contributed by atoms with E-state index in [1.54, 1.807) is 10.6 Å². The van der Waals surface area contributed by atoms with Crippen molar-refractivity contribution < 1.29 is 0 Å². The first-order valence-electron chi connectivity index (χ1n) is 4.84. The third-order valence-electron chi connectivity index (χ3n) is 2.80. The lowest BCUT2D eigenvalue weighted by Crippen LogP contribution is -2.13. The molecule has 14 heavy (non-hydrogen) atoms. The van der Waals surface area contributed by atoms with E-state index in [0.29, 0.717) is 0 Å². The molecular formula is C11H10N2O. The Labute approximate surface area is 81.0 Å². The molecule has 2 aromatic heterocycles. The minimum Gasteiger partial charge on any atom is -0.269 e. The molecule has 0 fully saturated rings. The molecular weight excluding hydrogens is 176 g/mol. The van der Waals surface area contributed by atoms with Crippen molar-refractivity contribution in [3.63, 3.8) is 0 Å². The first kappa shape index (κ1) is 7.74. The van der Waals surface area contributed by atoms with E-state index in [4.69, 9.17) is 0 Å². The van der Waals surface area contributed by atoms with Crippen LogP contribution in [-0.2, 0) is 12.8 Å². The minimum atomic E-state index is 0.00435. The fourth-order valence-electron chi connectivity index (χ4n) is 2.08. The molecule has 3 rings (SSSR count). The lowest BCUT2D eigenvalue weighted by molar-refractivity contribution is 0.909. The highest BCUT2D eigenvalue weighted by atomic mass is 16.1. The van der Waals surface area contributed by atoms with E-state index < -0.39 is 0 Å². The number of hydrogen-bond donors (Lipinski definition) is 0. The Kier molecular flexibility index (Phi) is 1.48. The fourth-order valence-corrected chi connectivity index (χ4v) is 2.08. The van der Waals surface area contributed by atoms with E-state index in [9.17, 15) is 4.79 Å². The number of aromatic nitrogens is 2. The van der Waals surface area contributed by atoms with Crippen LogP contribution in [0.15, 0.2) is 29.3 Å². The molecule has 2 aromatic rings. The molecule has 0 aliphatic heterocycles. The van der Waals surface area contributed by atoms with Crippen molar-refractivity contribution in [3.05, 3.63) is 46.0 Å². The van der Waals surface area contributed by atoms with Crippen LogP contribution in [0.5, 0.6) is 0 Å². The second-order valence-electron chi connectivity index (χ2n) is 3.69. The molecule has 0 spiro atoms. The summed E-state index contributed by atoms with van der Waals surface area (Å²) in [6, 6.07) is 3.53. The highest BCUT2D eigenvalue weighted by molar-refractivity contribution is 5.45. The second kappa shape index (κ2) is 2.67. The van der Waals surface area contributed by atoms with Crippen LogP contribution in [0.4, 0.5) is 0 Å². The van der Waals surface area contributed by atoms with Gasteiger partial charge in [-0.15, -0.1) is 0 Å². The van der Waals surface area contributed by atoms with Crippen LogP contribution in [0.3, 0.4) is 0 Å². The van der Waals surface area contributed by atoms with E-state index in [0.717, 1.165) is 18.5 Å². The van der Waals surface area contributed by atoms with Gasteiger partial charge in [0.1, 0.15) is 5.65 Å². The molecule has 3 heteroatoms. The van der Waals surface area contributed by atoms with Gasteiger partial charge in [-0.1, -0.05) is 0 Å². The largest absolute Gasteiger partial charge is 0.269 e. The summed E-state index contributed by atoms with van der Waals surface area (Å²) in [4.78, 5) is 15.7. The van der Waals surface area contributed by atoms with E-state index in [1.165, 1.54) is 23.6 Å². The Morgan fingerprint density at radius 3 is 3.07 bits per heavy atom. The summed E-state index contributed by atoms with van der Waals surface area (Å²) in [5, 5.41) is 0. The summed E-state index contributed by atoms with van der Waals surface area (Å²) in [5.41, 5.74) is 3.42. The van der Waals surface area contributed by atoms with E-state index in [1.807, 2.05) is 12.3 Å². The molecule has 0 saturated carbocycles. The van der Waals surface area contributed by atoms with Crippen LogP contribution in [0.2, 0.25) is 0 Å². The number of hydrogen-bond acceptors (Lipinski definition) is 2. The van der Waals surface area contributed by atoms with Crippen LogP contribution in [0.1, 0.15) is 17.5 Å². The van der Waals surface area contributed by atoms with Crippen LogP contribution in [-0.4, -0.2) is 9.38 Å². The van der Waals surface area contributed by atoms with Gasteiger partial charge in [-0.25, -0.2) is 4.98 Å². The number of rotatable bonds is 0. The maximum atomic E-state index is 11.5. The predicted octanol–water partition coefficient (Wildman–Crippen LogP) is 1.18. The van der Waals surface area contributed by atoms with Gasteiger partial charge in [0.25, 0.3) is 5.56 Å². The summed E-state index contributed by atoms with van der Waals surface area (Å²) >= 11 is 0. The quantitative estimate of drug-likeness (QED) is 0.619. The number of fused-ring (bicyclic) bond motifs is 2. The smallest absolute Gasteiger partial charge is 0.257 e. The molecule has 3 nitrogen and oxygen atoms in total. The second-order valence-corrected chi connectivity index (χ2v) is 3.69. The molecule has 70 valence electrons. The Hall–Kier alpha value is -1.64. The highest BCUT2D eigenvalue weighted by Gasteiger charge is 2.12. The number of nitrogens with zero attached hydrogens (tertiary/aromatic N) is 2. The summed E-state index contributed by atoms with van der Waals surface area (Å²) in [6.07, 6.45) is 6.91. The van der Waals surface area contributed by atoms with Crippen molar-refractivity contribution in [2.24, 2.45) is 0 Å². The third kappa shape index (κ3) is 0.985. The van der Waals surface area contributed by atoms with Gasteiger partial charge in [-0.3, -0.25) is 9.20 Å². The topological polar surface area (TPSA) is 34.4 Å². The summed E-state index contributed by atoms with van der Waals surface area (Å²) in [6.45, 7) is 0. The van der Waals surface area contributed by atoms with Crippen LogP contribution in [0, 0.1) is 0 Å². The zero-order valence-corrected chi connectivity index (χ0v) is 7.73. The van der Waals surface area contributed by atoms with E-state index in [2.05, 4.69) is 4.98 Å². The van der Waals surface area contributed by atoms with Crippen molar-refractivity contribution in [3.8, 4) is 0 Å². The van der Waals surface area contributed by atoms with Crippen LogP contribution >= 0.6 is 0 Å². The molecule has 0 atom stereocenters. The molecule has 0 amide bonds. The molecule has 0 aromatic carbocycles. The Morgan fingerprint density at radius 1 is 1.29 bits per heavy atom. The van der Waals surface area contributed by atoms with Gasteiger partial charge < -0.3 is 0 Å². The lowest BCUT2D eigenvalue weighted by atomic mass is 10.2. The van der Waals surface area contributed by atoms with Gasteiger partial charge in [0.15, 0.2) is 0 Å². The van der Waals surface area contributed by atoms with Crippen LogP contribution < -0.4 is 5.56 Å². The van der Waals surface area contributed by atoms with Crippen molar-refractivity contribution in [2.45, 2.75) is 19.3 Å². The fraction of sp³-hybridized carbons (Fsp3) is 0.273. The van der Waals surface area contributed by atoms with Crippen molar-refractivity contribution in [1.29, 1.82) is 0 Å². The van der Waals surface area contributed by atoms with Gasteiger partial charge in [0.05, 0.1) is 0 Å². The standard InChI is InChI=1S/C11H10N2O/c14-11-4-5-12-10-6-8-2-1-3-9(8)7-13(10)11/h4-7H,1-3H2. The zero-order chi connectivity index (χ0) is 9.54. The van der Waals surface area contributed by atoms with Gasteiger partial charge in [-0.05, 0) is 36.5 Å². The van der Waals surface area contributed by atoms with E-state index in [-0.39, 0.29) is 5.56 Å². The maximum absolute atomic E-state index is 11.5. The molecule has 0 saturated heterocycles. The van der Waals surface area contributed by atoms with Crippen molar-refractivity contribution in [1.82, 2.24) is 9.38 Å². The summed E-state index contributed by atoms with van der Waals surface area (Å²) < 4.78 is 1.63. The molecule has 1 aliphatic rings. The van der Waals surface area contributed by atoms with Crippen molar-refractivity contribution in [2.75, 3.05) is 0 Å². The average molecular weight is 186 g/mol. The molecule has 0 N–H and O–H groups in total. The Morgan fingerprint density at radius 2 is 2.14 bits per heavy atom. The number of aryl methyl sites for hydroxylation is 2. The van der Waals surface area contributed by atoms with Gasteiger partial charge in [0, 0.05) is 18.5 Å². The van der Waals surface area contributed by atoms with Crippen molar-refractivity contribution >= 4 is 5.65 Å². The molecule has 1 aliphatic carbocycles. The average Bonchev–Trinajstić information content (AvgIpc) is 2.62. The van der Waals surface area contributed by atoms with Gasteiger partial charge >= 0.3 is 0 Å². The van der Waals surface area contributed by atoms with Gasteiger partial charge in [0.2, 0.25) is 0 Å². The Bertz CT molecular complexity index is 557. The minimum absolute atomic E-state index is 0.00435. The lowest BCUT2D eigenvalue weighted by Gasteiger charge is -2.03. The van der Waals surface area contributed by atoms with Crippen LogP contribution in [0.25, 0.3) is 5.65 Å². The highest BCUT2D eigenvalue weighted by Crippen LogP contribution is 2.21. The molecule has 2 heterocycles. The first-order valence-corrected chi connectivity index (χ1v) is 4.84. The maximum Gasteiger partial charge on any atom is 0.257 e. The molecule has 0 radical (unpaired) electrons. The Balaban J connectivity index is 2.45. The monoisotopic (exact) mass is 186 g/mol. The van der Waals surface area contributed by atoms with E-state index >= 15 is 0 Å². The molecule has 0 unspecified atom stereocenters.